The summed E-state index contributed by atoms with van der Waals surface area (Å²) in [6.45, 7) is 3.30. The van der Waals surface area contributed by atoms with Crippen molar-refractivity contribution in [2.24, 2.45) is 0 Å². The Morgan fingerprint density at radius 1 is 1.33 bits per heavy atom. The lowest BCUT2D eigenvalue weighted by Crippen LogP contribution is -2.22. The molecule has 2 atom stereocenters. The molecular weight excluding hydrogens is 245 g/mol. The summed E-state index contributed by atoms with van der Waals surface area (Å²) in [4.78, 5) is 0. The predicted octanol–water partition coefficient (Wildman–Crippen LogP) is 2.86. The molecule has 0 aromatic heterocycles. The maximum absolute atomic E-state index is 12.8. The zero-order valence-electron chi connectivity index (χ0n) is 10.3. The Balaban J connectivity index is 2.95. The van der Waals surface area contributed by atoms with Crippen LogP contribution in [0.4, 0.5) is 24.5 Å². The van der Waals surface area contributed by atoms with Crippen molar-refractivity contribution in [1.29, 1.82) is 0 Å². The summed E-state index contributed by atoms with van der Waals surface area (Å²) < 4.78 is 38.4. The van der Waals surface area contributed by atoms with Crippen LogP contribution in [0.3, 0.4) is 0 Å². The molecule has 3 nitrogen and oxygen atoms in total. The van der Waals surface area contributed by atoms with Crippen LogP contribution in [0.5, 0.6) is 0 Å². The number of alkyl halides is 3. The van der Waals surface area contributed by atoms with E-state index >= 15 is 0 Å². The number of nitrogen functional groups attached to an aromatic ring is 1. The van der Waals surface area contributed by atoms with Crippen LogP contribution in [0.1, 0.15) is 25.8 Å². The number of aliphatic hydroxyl groups is 1. The number of nitrogens with two attached hydrogens (primary N) is 1. The first-order valence-electron chi connectivity index (χ1n) is 5.61. The van der Waals surface area contributed by atoms with Crippen molar-refractivity contribution in [3.63, 3.8) is 0 Å². The fourth-order valence-electron chi connectivity index (χ4n) is 1.76. The fraction of sp³-hybridized carbons (Fsp3) is 0.500. The maximum Gasteiger partial charge on any atom is 0.418 e. The molecule has 1 rings (SSSR count). The smallest absolute Gasteiger partial charge is 0.399 e. The van der Waals surface area contributed by atoms with E-state index in [2.05, 4.69) is 5.32 Å². The Hall–Kier alpha value is -1.43. The molecule has 4 N–H and O–H groups in total. The van der Waals surface area contributed by atoms with E-state index < -0.39 is 17.8 Å². The van der Waals surface area contributed by atoms with E-state index in [1.54, 1.807) is 13.8 Å². The van der Waals surface area contributed by atoms with Gasteiger partial charge in [0.05, 0.1) is 11.7 Å². The highest BCUT2D eigenvalue weighted by molar-refractivity contribution is 5.59. The summed E-state index contributed by atoms with van der Waals surface area (Å²) in [6, 6.07) is 3.34. The molecule has 0 aliphatic heterocycles. The molecule has 102 valence electrons. The standard InChI is InChI=1S/C12H17F3N2O/c1-7(5-8(2)18)17-11-4-3-9(16)6-10(11)12(13,14)15/h3-4,6-8,17-18H,5,16H2,1-2H3. The third-order valence-corrected chi connectivity index (χ3v) is 2.45. The van der Waals surface area contributed by atoms with Crippen molar-refractivity contribution >= 4 is 11.4 Å². The van der Waals surface area contributed by atoms with Crippen molar-refractivity contribution in [3.8, 4) is 0 Å². The van der Waals surface area contributed by atoms with Gasteiger partial charge in [0.1, 0.15) is 0 Å². The molecule has 1 aromatic rings. The van der Waals surface area contributed by atoms with E-state index in [9.17, 15) is 18.3 Å². The van der Waals surface area contributed by atoms with Crippen molar-refractivity contribution in [1.82, 2.24) is 0 Å². The first-order chi connectivity index (χ1) is 8.20. The summed E-state index contributed by atoms with van der Waals surface area (Å²) in [5.41, 5.74) is 4.62. The molecule has 0 spiro atoms. The monoisotopic (exact) mass is 262 g/mol. The number of benzene rings is 1. The lowest BCUT2D eigenvalue weighted by Gasteiger charge is -2.20. The van der Waals surface area contributed by atoms with Gasteiger partial charge in [0.15, 0.2) is 0 Å². The van der Waals surface area contributed by atoms with Crippen LogP contribution in [-0.4, -0.2) is 17.3 Å². The van der Waals surface area contributed by atoms with Crippen LogP contribution < -0.4 is 11.1 Å². The van der Waals surface area contributed by atoms with E-state index in [0.29, 0.717) is 6.42 Å². The number of rotatable bonds is 4. The molecule has 0 bridgehead atoms. The number of anilines is 2. The Morgan fingerprint density at radius 2 is 1.94 bits per heavy atom. The van der Waals surface area contributed by atoms with Gasteiger partial charge in [-0.3, -0.25) is 0 Å². The third-order valence-electron chi connectivity index (χ3n) is 2.45. The summed E-state index contributed by atoms with van der Waals surface area (Å²) in [5, 5.41) is 11.9. The number of hydrogen-bond donors (Lipinski definition) is 3. The largest absolute Gasteiger partial charge is 0.418 e. The average Bonchev–Trinajstić information content (AvgIpc) is 2.17. The fourth-order valence-corrected chi connectivity index (χ4v) is 1.76. The lowest BCUT2D eigenvalue weighted by atomic mass is 10.1. The molecule has 0 saturated carbocycles. The highest BCUT2D eigenvalue weighted by Crippen LogP contribution is 2.36. The van der Waals surface area contributed by atoms with E-state index in [4.69, 9.17) is 5.73 Å². The van der Waals surface area contributed by atoms with E-state index in [1.807, 2.05) is 0 Å². The second-order valence-electron chi connectivity index (χ2n) is 4.43. The Labute approximate surface area is 104 Å². The Kier molecular flexibility index (Phi) is 4.45. The molecule has 0 fully saturated rings. The van der Waals surface area contributed by atoms with Gasteiger partial charge in [-0.25, -0.2) is 0 Å². The van der Waals surface area contributed by atoms with Crippen LogP contribution in [0.2, 0.25) is 0 Å². The minimum atomic E-state index is -4.46. The van der Waals surface area contributed by atoms with Gasteiger partial charge in [0.2, 0.25) is 0 Å². The van der Waals surface area contributed by atoms with Crippen LogP contribution in [0.25, 0.3) is 0 Å². The number of nitrogens with one attached hydrogen (secondary N) is 1. The molecule has 0 aliphatic rings. The summed E-state index contributed by atoms with van der Waals surface area (Å²) in [5.74, 6) is 0. The first kappa shape index (κ1) is 14.6. The molecule has 18 heavy (non-hydrogen) atoms. The molecule has 0 radical (unpaired) electrons. The minimum absolute atomic E-state index is 0.0233. The van der Waals surface area contributed by atoms with Crippen LogP contribution in [0, 0.1) is 0 Å². The van der Waals surface area contributed by atoms with Gasteiger partial charge in [-0.05, 0) is 38.5 Å². The van der Waals surface area contributed by atoms with E-state index in [0.717, 1.165) is 6.07 Å². The summed E-state index contributed by atoms with van der Waals surface area (Å²) in [6.07, 6.45) is -4.67. The molecule has 2 unspecified atom stereocenters. The van der Waals surface area contributed by atoms with Crippen LogP contribution >= 0.6 is 0 Å². The summed E-state index contributed by atoms with van der Waals surface area (Å²) >= 11 is 0. The van der Waals surface area contributed by atoms with E-state index in [-0.39, 0.29) is 17.4 Å². The van der Waals surface area contributed by atoms with E-state index in [1.165, 1.54) is 12.1 Å². The molecule has 0 heterocycles. The summed E-state index contributed by atoms with van der Waals surface area (Å²) in [7, 11) is 0. The molecular formula is C12H17F3N2O. The highest BCUT2D eigenvalue weighted by Gasteiger charge is 2.34. The highest BCUT2D eigenvalue weighted by atomic mass is 19.4. The SMILES string of the molecule is CC(O)CC(C)Nc1ccc(N)cc1C(F)(F)F. The number of halogens is 3. The molecule has 6 heteroatoms. The van der Waals surface area contributed by atoms with Gasteiger partial charge in [-0.1, -0.05) is 0 Å². The van der Waals surface area contributed by atoms with Crippen molar-refractivity contribution in [3.05, 3.63) is 23.8 Å². The predicted molar refractivity (Wildman–Crippen MR) is 65.2 cm³/mol. The molecule has 1 aromatic carbocycles. The zero-order valence-corrected chi connectivity index (χ0v) is 10.3. The maximum atomic E-state index is 12.8. The van der Waals surface area contributed by atoms with Crippen LogP contribution in [0.15, 0.2) is 18.2 Å². The Morgan fingerprint density at radius 3 is 2.44 bits per heavy atom. The topological polar surface area (TPSA) is 58.3 Å². The van der Waals surface area contributed by atoms with Crippen molar-refractivity contribution in [2.45, 2.75) is 38.6 Å². The number of hydrogen-bond acceptors (Lipinski definition) is 3. The third kappa shape index (κ3) is 4.10. The molecule has 0 saturated heterocycles. The minimum Gasteiger partial charge on any atom is -0.399 e. The van der Waals surface area contributed by atoms with Gasteiger partial charge in [-0.15, -0.1) is 0 Å². The van der Waals surface area contributed by atoms with Gasteiger partial charge in [0, 0.05) is 17.4 Å². The van der Waals surface area contributed by atoms with Gasteiger partial charge in [-0.2, -0.15) is 13.2 Å². The molecule has 0 aliphatic carbocycles. The molecule has 0 amide bonds. The van der Waals surface area contributed by atoms with Gasteiger partial charge < -0.3 is 16.2 Å². The quantitative estimate of drug-likeness (QED) is 0.731. The zero-order chi connectivity index (χ0) is 13.9. The average molecular weight is 262 g/mol. The second-order valence-corrected chi connectivity index (χ2v) is 4.43. The normalized spacial score (nSPS) is 15.2. The first-order valence-corrected chi connectivity index (χ1v) is 5.61. The van der Waals surface area contributed by atoms with Crippen LogP contribution in [-0.2, 0) is 6.18 Å². The lowest BCUT2D eigenvalue weighted by molar-refractivity contribution is -0.136. The van der Waals surface area contributed by atoms with Crippen molar-refractivity contribution < 1.29 is 18.3 Å². The Bertz CT molecular complexity index is 405. The second kappa shape index (κ2) is 5.48. The van der Waals surface area contributed by atoms with Crippen molar-refractivity contribution in [2.75, 3.05) is 11.1 Å². The van der Waals surface area contributed by atoms with Gasteiger partial charge in [0.25, 0.3) is 0 Å². The number of aliphatic hydroxyl groups excluding tert-OH is 1. The van der Waals surface area contributed by atoms with Gasteiger partial charge >= 0.3 is 6.18 Å².